The Balaban J connectivity index is 1.88. The van der Waals surface area contributed by atoms with Gasteiger partial charge in [0.15, 0.2) is 5.12 Å². The summed E-state index contributed by atoms with van der Waals surface area (Å²) in [7, 11) is 0. The minimum absolute atomic E-state index is 0.103. The van der Waals surface area contributed by atoms with Gasteiger partial charge in [0.05, 0.1) is 0 Å². The number of rotatable bonds is 10. The number of thioether (sulfide) groups is 1. The van der Waals surface area contributed by atoms with Gasteiger partial charge in [-0.3, -0.25) is 19.2 Å². The summed E-state index contributed by atoms with van der Waals surface area (Å²) in [6.07, 6.45) is 3.76. The molecule has 7 nitrogen and oxygen atoms in total. The lowest BCUT2D eigenvalue weighted by molar-refractivity contribution is -0.128. The normalized spacial score (nSPS) is 16.9. The summed E-state index contributed by atoms with van der Waals surface area (Å²) in [5.74, 6) is 0.0121. The van der Waals surface area contributed by atoms with Crippen LogP contribution in [-0.2, 0) is 19.2 Å². The highest BCUT2D eigenvalue weighted by Crippen LogP contribution is 2.13. The minimum Gasteiger partial charge on any atom is -0.344 e. The van der Waals surface area contributed by atoms with Crippen LogP contribution in [0, 0.1) is 0 Å². The van der Waals surface area contributed by atoms with E-state index in [4.69, 9.17) is 0 Å². The average molecular weight is 406 g/mol. The van der Waals surface area contributed by atoms with Crippen LogP contribution < -0.4 is 16.0 Å². The van der Waals surface area contributed by atoms with Gasteiger partial charge in [0.25, 0.3) is 0 Å². The molecule has 0 aliphatic carbocycles. The summed E-state index contributed by atoms with van der Waals surface area (Å²) >= 11 is 1.30. The van der Waals surface area contributed by atoms with Crippen molar-refractivity contribution in [3.63, 3.8) is 0 Å². The number of amides is 3. The predicted molar refractivity (Wildman–Crippen MR) is 110 cm³/mol. The number of anilines is 1. The molecule has 8 heteroatoms. The minimum atomic E-state index is -0.675. The van der Waals surface area contributed by atoms with Gasteiger partial charge in [-0.1, -0.05) is 42.8 Å². The van der Waals surface area contributed by atoms with E-state index in [2.05, 4.69) is 16.0 Å². The van der Waals surface area contributed by atoms with Crippen molar-refractivity contribution in [3.05, 3.63) is 30.3 Å². The Labute approximate surface area is 169 Å². The SMILES string of the molecule is CC(=O)SCCCCC[C@H](NC(=O)C1CCC(=O)N1)C(=O)Nc1ccccc1. The van der Waals surface area contributed by atoms with E-state index in [0.717, 1.165) is 25.0 Å². The third kappa shape index (κ3) is 7.72. The molecule has 1 heterocycles. The van der Waals surface area contributed by atoms with Crippen LogP contribution in [0.5, 0.6) is 0 Å². The number of hydrogen-bond donors (Lipinski definition) is 3. The van der Waals surface area contributed by atoms with Crippen molar-refractivity contribution >= 4 is 40.3 Å². The van der Waals surface area contributed by atoms with Crippen molar-refractivity contribution in [2.45, 2.75) is 57.5 Å². The van der Waals surface area contributed by atoms with Gasteiger partial charge in [0.2, 0.25) is 17.7 Å². The highest BCUT2D eigenvalue weighted by Gasteiger charge is 2.30. The maximum absolute atomic E-state index is 12.7. The van der Waals surface area contributed by atoms with Gasteiger partial charge in [0, 0.05) is 24.8 Å². The van der Waals surface area contributed by atoms with Crippen LogP contribution in [0.3, 0.4) is 0 Å². The number of carbonyl (C=O) groups excluding carboxylic acids is 4. The molecule has 1 unspecified atom stereocenters. The Hall–Kier alpha value is -2.35. The van der Waals surface area contributed by atoms with Crippen molar-refractivity contribution in [1.82, 2.24) is 10.6 Å². The van der Waals surface area contributed by atoms with Crippen LogP contribution >= 0.6 is 11.8 Å². The first kappa shape index (κ1) is 21.9. The van der Waals surface area contributed by atoms with E-state index in [1.54, 1.807) is 19.1 Å². The first-order valence-corrected chi connectivity index (χ1v) is 10.5. The second-order valence-electron chi connectivity index (χ2n) is 6.76. The molecule has 3 N–H and O–H groups in total. The summed E-state index contributed by atoms with van der Waals surface area (Å²) in [4.78, 5) is 47.4. The smallest absolute Gasteiger partial charge is 0.246 e. The molecule has 1 aromatic carbocycles. The third-order valence-electron chi connectivity index (χ3n) is 4.43. The average Bonchev–Trinajstić information content (AvgIpc) is 3.10. The van der Waals surface area contributed by atoms with E-state index < -0.39 is 12.1 Å². The Morgan fingerprint density at radius 3 is 2.57 bits per heavy atom. The maximum Gasteiger partial charge on any atom is 0.246 e. The van der Waals surface area contributed by atoms with E-state index >= 15 is 0 Å². The van der Waals surface area contributed by atoms with Crippen molar-refractivity contribution in [3.8, 4) is 0 Å². The van der Waals surface area contributed by atoms with E-state index in [1.807, 2.05) is 18.2 Å². The molecule has 28 heavy (non-hydrogen) atoms. The molecular formula is C20H27N3O4S. The summed E-state index contributed by atoms with van der Waals surface area (Å²) in [6, 6.07) is 7.82. The topological polar surface area (TPSA) is 104 Å². The zero-order valence-corrected chi connectivity index (χ0v) is 16.8. The monoisotopic (exact) mass is 405 g/mol. The lowest BCUT2D eigenvalue weighted by Crippen LogP contribution is -2.50. The van der Waals surface area contributed by atoms with Crippen LogP contribution in [0.2, 0.25) is 0 Å². The Morgan fingerprint density at radius 2 is 1.93 bits per heavy atom. The predicted octanol–water partition coefficient (Wildman–Crippen LogP) is 2.23. The van der Waals surface area contributed by atoms with Gasteiger partial charge in [-0.2, -0.15) is 0 Å². The van der Waals surface area contributed by atoms with E-state index in [1.165, 1.54) is 11.8 Å². The number of para-hydroxylation sites is 1. The Kier molecular flexibility index (Phi) is 9.00. The highest BCUT2D eigenvalue weighted by molar-refractivity contribution is 8.13. The molecule has 0 spiro atoms. The van der Waals surface area contributed by atoms with E-state index in [9.17, 15) is 19.2 Å². The zero-order chi connectivity index (χ0) is 20.4. The molecule has 0 radical (unpaired) electrons. The number of unbranched alkanes of at least 4 members (excludes halogenated alkanes) is 2. The molecule has 1 aliphatic rings. The van der Waals surface area contributed by atoms with E-state index in [-0.39, 0.29) is 22.8 Å². The summed E-state index contributed by atoms with van der Waals surface area (Å²) in [5, 5.41) is 8.34. The number of carbonyl (C=O) groups is 4. The van der Waals surface area contributed by atoms with Crippen molar-refractivity contribution in [2.24, 2.45) is 0 Å². The molecule has 2 rings (SSSR count). The zero-order valence-electron chi connectivity index (χ0n) is 16.0. The molecule has 1 aromatic rings. The highest BCUT2D eigenvalue weighted by atomic mass is 32.2. The molecule has 3 amide bonds. The summed E-state index contributed by atoms with van der Waals surface area (Å²) in [5.41, 5.74) is 0.666. The first-order chi connectivity index (χ1) is 13.5. The fraction of sp³-hybridized carbons (Fsp3) is 0.500. The quantitative estimate of drug-likeness (QED) is 0.518. The Bertz CT molecular complexity index is 696. The lowest BCUT2D eigenvalue weighted by Gasteiger charge is -2.20. The van der Waals surface area contributed by atoms with Crippen LogP contribution in [0.15, 0.2) is 30.3 Å². The van der Waals surface area contributed by atoms with Crippen LogP contribution in [0.4, 0.5) is 5.69 Å². The second kappa shape index (κ2) is 11.5. The largest absolute Gasteiger partial charge is 0.344 e. The van der Waals surface area contributed by atoms with Crippen LogP contribution in [0.1, 0.15) is 45.4 Å². The molecule has 1 aliphatic heterocycles. The maximum atomic E-state index is 12.7. The van der Waals surface area contributed by atoms with Gasteiger partial charge >= 0.3 is 0 Å². The lowest BCUT2D eigenvalue weighted by atomic mass is 10.1. The molecule has 1 fully saturated rings. The number of hydrogen-bond acceptors (Lipinski definition) is 5. The van der Waals surface area contributed by atoms with Crippen LogP contribution in [-0.4, -0.2) is 40.7 Å². The molecular weight excluding hydrogens is 378 g/mol. The second-order valence-corrected chi connectivity index (χ2v) is 8.04. The standard InChI is InChI=1S/C20H27N3O4S/c1-14(24)28-13-7-3-6-10-16(19(26)21-15-8-4-2-5-9-15)23-20(27)17-11-12-18(25)22-17/h2,4-5,8-9,16-17H,3,6-7,10-13H2,1H3,(H,21,26)(H,22,25)(H,23,27)/t16-,17?/m0/s1. The third-order valence-corrected chi connectivity index (χ3v) is 5.33. The van der Waals surface area contributed by atoms with Gasteiger partial charge in [-0.15, -0.1) is 0 Å². The van der Waals surface area contributed by atoms with Crippen molar-refractivity contribution in [1.29, 1.82) is 0 Å². The molecule has 2 atom stereocenters. The molecule has 0 aromatic heterocycles. The van der Waals surface area contributed by atoms with Gasteiger partial charge < -0.3 is 16.0 Å². The fourth-order valence-electron chi connectivity index (χ4n) is 2.95. The summed E-state index contributed by atoms with van der Waals surface area (Å²) < 4.78 is 0. The molecule has 152 valence electrons. The summed E-state index contributed by atoms with van der Waals surface area (Å²) in [6.45, 7) is 1.55. The van der Waals surface area contributed by atoms with Crippen molar-refractivity contribution in [2.75, 3.05) is 11.1 Å². The molecule has 1 saturated heterocycles. The van der Waals surface area contributed by atoms with Gasteiger partial charge in [-0.25, -0.2) is 0 Å². The van der Waals surface area contributed by atoms with E-state index in [0.29, 0.717) is 24.9 Å². The molecule has 0 saturated carbocycles. The van der Waals surface area contributed by atoms with Crippen molar-refractivity contribution < 1.29 is 19.2 Å². The van der Waals surface area contributed by atoms with Gasteiger partial charge in [0.1, 0.15) is 12.1 Å². The fourth-order valence-corrected chi connectivity index (χ4v) is 3.58. The van der Waals surface area contributed by atoms with Crippen LogP contribution in [0.25, 0.3) is 0 Å². The first-order valence-electron chi connectivity index (χ1n) is 9.54. The Morgan fingerprint density at radius 1 is 1.18 bits per heavy atom. The number of benzene rings is 1. The van der Waals surface area contributed by atoms with Gasteiger partial charge in [-0.05, 0) is 31.4 Å². The molecule has 0 bridgehead atoms. The number of nitrogens with one attached hydrogen (secondary N) is 3.